The standard InChI is InChI=1S/C12H18BN3O3/c1-6-14-11-15-7-9(10(16-11)17-5)13-18-8(2)12(3,4)19-13/h7H,2,6H2,1,3-5H3,(H,14,15,16). The largest absolute Gasteiger partial charge is 0.570 e. The third-order valence-electron chi connectivity index (χ3n) is 2.88. The van der Waals surface area contributed by atoms with Gasteiger partial charge in [-0.2, -0.15) is 4.98 Å². The Hall–Kier alpha value is -1.76. The average molecular weight is 263 g/mol. The number of methoxy groups -OCH3 is 1. The minimum absolute atomic E-state index is 0.432. The molecular weight excluding hydrogens is 245 g/mol. The van der Waals surface area contributed by atoms with E-state index in [0.29, 0.717) is 23.1 Å². The first-order valence-electron chi connectivity index (χ1n) is 6.16. The van der Waals surface area contributed by atoms with E-state index in [0.717, 1.165) is 6.54 Å². The summed E-state index contributed by atoms with van der Waals surface area (Å²) < 4.78 is 16.7. The molecule has 0 aromatic carbocycles. The van der Waals surface area contributed by atoms with Gasteiger partial charge in [0.25, 0.3) is 0 Å². The van der Waals surface area contributed by atoms with Gasteiger partial charge in [0.2, 0.25) is 11.8 Å². The summed E-state index contributed by atoms with van der Waals surface area (Å²) in [6, 6.07) is 0. The maximum Gasteiger partial charge on any atom is 0.570 e. The number of nitrogens with one attached hydrogen (secondary N) is 1. The zero-order chi connectivity index (χ0) is 14.0. The average Bonchev–Trinajstić information content (AvgIpc) is 2.64. The number of hydrogen-bond donors (Lipinski definition) is 1. The van der Waals surface area contributed by atoms with E-state index in [4.69, 9.17) is 14.0 Å². The van der Waals surface area contributed by atoms with Crippen LogP contribution >= 0.6 is 0 Å². The molecule has 2 heterocycles. The Balaban J connectivity index is 2.28. The second-order valence-electron chi connectivity index (χ2n) is 4.69. The number of ether oxygens (including phenoxy) is 1. The highest BCUT2D eigenvalue weighted by Gasteiger charge is 2.44. The highest BCUT2D eigenvalue weighted by Crippen LogP contribution is 2.30. The Kier molecular flexibility index (Phi) is 3.66. The molecule has 0 radical (unpaired) electrons. The molecule has 0 bridgehead atoms. The molecule has 0 aliphatic carbocycles. The van der Waals surface area contributed by atoms with Crippen molar-refractivity contribution < 1.29 is 14.0 Å². The Labute approximate surface area is 113 Å². The van der Waals surface area contributed by atoms with Crippen LogP contribution < -0.4 is 15.5 Å². The van der Waals surface area contributed by atoms with Gasteiger partial charge in [0.15, 0.2) is 0 Å². The van der Waals surface area contributed by atoms with E-state index >= 15 is 0 Å². The zero-order valence-electron chi connectivity index (χ0n) is 11.7. The summed E-state index contributed by atoms with van der Waals surface area (Å²) in [5.74, 6) is 1.52. The molecule has 1 aliphatic heterocycles. The fourth-order valence-corrected chi connectivity index (χ4v) is 1.70. The summed E-state index contributed by atoms with van der Waals surface area (Å²) in [6.45, 7) is 10.4. The number of hydrogen-bond acceptors (Lipinski definition) is 6. The van der Waals surface area contributed by atoms with Crippen molar-refractivity contribution in [2.24, 2.45) is 0 Å². The van der Waals surface area contributed by atoms with Gasteiger partial charge in [0, 0.05) is 12.7 Å². The van der Waals surface area contributed by atoms with Crippen LogP contribution in [-0.4, -0.2) is 36.3 Å². The minimum Gasteiger partial charge on any atom is -0.534 e. The van der Waals surface area contributed by atoms with Crippen molar-refractivity contribution in [2.75, 3.05) is 19.0 Å². The molecule has 6 nitrogen and oxygen atoms in total. The van der Waals surface area contributed by atoms with E-state index in [9.17, 15) is 0 Å². The summed E-state index contributed by atoms with van der Waals surface area (Å²) in [4.78, 5) is 8.47. The van der Waals surface area contributed by atoms with E-state index in [1.54, 1.807) is 13.3 Å². The quantitative estimate of drug-likeness (QED) is 0.816. The molecule has 0 spiro atoms. The van der Waals surface area contributed by atoms with Crippen LogP contribution in [0.4, 0.5) is 5.95 Å². The number of aromatic nitrogens is 2. The van der Waals surface area contributed by atoms with E-state index in [1.165, 1.54) is 0 Å². The number of anilines is 1. The summed E-state index contributed by atoms with van der Waals surface area (Å²) in [6.07, 6.45) is 1.64. The highest BCUT2D eigenvalue weighted by atomic mass is 16.7. The lowest BCUT2D eigenvalue weighted by Crippen LogP contribution is -2.36. The molecule has 1 aromatic rings. The first kappa shape index (κ1) is 13.7. The zero-order valence-corrected chi connectivity index (χ0v) is 11.7. The van der Waals surface area contributed by atoms with Crippen LogP contribution in [0.1, 0.15) is 20.8 Å². The lowest BCUT2D eigenvalue weighted by Gasteiger charge is -2.15. The Morgan fingerprint density at radius 3 is 2.79 bits per heavy atom. The molecule has 0 amide bonds. The van der Waals surface area contributed by atoms with E-state index in [2.05, 4.69) is 21.9 Å². The number of nitrogens with zero attached hydrogens (tertiary/aromatic N) is 2. The van der Waals surface area contributed by atoms with Crippen LogP contribution in [0.25, 0.3) is 0 Å². The highest BCUT2D eigenvalue weighted by molar-refractivity contribution is 6.63. The second-order valence-corrected chi connectivity index (χ2v) is 4.69. The predicted octanol–water partition coefficient (Wildman–Crippen LogP) is 0.951. The van der Waals surface area contributed by atoms with Crippen LogP contribution in [0.2, 0.25) is 0 Å². The molecule has 1 fully saturated rings. The molecule has 1 saturated heterocycles. The summed E-state index contributed by atoms with van der Waals surface area (Å²) in [5, 5.41) is 3.02. The van der Waals surface area contributed by atoms with Gasteiger partial charge in [-0.3, -0.25) is 0 Å². The van der Waals surface area contributed by atoms with Crippen molar-refractivity contribution in [3.05, 3.63) is 18.5 Å². The molecule has 2 rings (SSSR count). The van der Waals surface area contributed by atoms with E-state index in [-0.39, 0.29) is 0 Å². The topological polar surface area (TPSA) is 65.5 Å². The first-order valence-corrected chi connectivity index (χ1v) is 6.16. The number of rotatable bonds is 4. The fourth-order valence-electron chi connectivity index (χ4n) is 1.70. The Morgan fingerprint density at radius 2 is 2.26 bits per heavy atom. The van der Waals surface area contributed by atoms with Gasteiger partial charge in [-0.05, 0) is 20.8 Å². The Morgan fingerprint density at radius 1 is 1.53 bits per heavy atom. The van der Waals surface area contributed by atoms with Crippen LogP contribution in [-0.2, 0) is 9.31 Å². The molecule has 0 atom stereocenters. The normalized spacial score (nSPS) is 17.3. The van der Waals surface area contributed by atoms with Crippen LogP contribution in [0.15, 0.2) is 18.5 Å². The van der Waals surface area contributed by atoms with Crippen molar-refractivity contribution in [1.82, 2.24) is 9.97 Å². The van der Waals surface area contributed by atoms with Crippen molar-refractivity contribution >= 4 is 18.5 Å². The van der Waals surface area contributed by atoms with Crippen LogP contribution in [0.5, 0.6) is 5.88 Å². The SMILES string of the molecule is C=C1OB(c2cnc(NCC)nc2OC)OC1(C)C. The summed E-state index contributed by atoms with van der Waals surface area (Å²) in [5.41, 5.74) is 0.117. The lowest BCUT2D eigenvalue weighted by molar-refractivity contribution is 0.173. The summed E-state index contributed by atoms with van der Waals surface area (Å²) in [7, 11) is 0.962. The lowest BCUT2D eigenvalue weighted by atomic mass is 9.81. The third-order valence-corrected chi connectivity index (χ3v) is 2.88. The van der Waals surface area contributed by atoms with E-state index in [1.807, 2.05) is 20.8 Å². The smallest absolute Gasteiger partial charge is 0.534 e. The van der Waals surface area contributed by atoms with Gasteiger partial charge in [0.1, 0.15) is 5.60 Å². The van der Waals surface area contributed by atoms with Gasteiger partial charge < -0.3 is 19.4 Å². The van der Waals surface area contributed by atoms with Crippen molar-refractivity contribution in [3.63, 3.8) is 0 Å². The van der Waals surface area contributed by atoms with Crippen LogP contribution in [0.3, 0.4) is 0 Å². The maximum absolute atomic E-state index is 5.79. The molecule has 1 aromatic heterocycles. The van der Waals surface area contributed by atoms with Crippen molar-refractivity contribution in [3.8, 4) is 5.88 Å². The van der Waals surface area contributed by atoms with Gasteiger partial charge in [-0.25, -0.2) is 4.98 Å². The third kappa shape index (κ3) is 2.65. The molecule has 19 heavy (non-hydrogen) atoms. The monoisotopic (exact) mass is 263 g/mol. The molecule has 102 valence electrons. The van der Waals surface area contributed by atoms with Crippen molar-refractivity contribution in [1.29, 1.82) is 0 Å². The van der Waals surface area contributed by atoms with Gasteiger partial charge in [-0.1, -0.05) is 6.58 Å². The van der Waals surface area contributed by atoms with Gasteiger partial charge >= 0.3 is 7.12 Å². The first-order chi connectivity index (χ1) is 8.97. The maximum atomic E-state index is 5.79. The molecular formula is C12H18BN3O3. The summed E-state index contributed by atoms with van der Waals surface area (Å²) >= 11 is 0. The van der Waals surface area contributed by atoms with E-state index < -0.39 is 12.7 Å². The molecule has 0 saturated carbocycles. The molecule has 0 unspecified atom stereocenters. The van der Waals surface area contributed by atoms with Gasteiger partial charge in [-0.15, -0.1) is 0 Å². The molecule has 1 N–H and O–H groups in total. The van der Waals surface area contributed by atoms with Crippen molar-refractivity contribution in [2.45, 2.75) is 26.4 Å². The predicted molar refractivity (Wildman–Crippen MR) is 73.5 cm³/mol. The molecule has 1 aliphatic rings. The van der Waals surface area contributed by atoms with Crippen LogP contribution in [0, 0.1) is 0 Å². The molecule has 7 heteroatoms. The minimum atomic E-state index is -0.590. The Bertz CT molecular complexity index is 493. The van der Waals surface area contributed by atoms with Gasteiger partial charge in [0.05, 0.1) is 18.3 Å². The second kappa shape index (κ2) is 5.09. The fraction of sp³-hybridized carbons (Fsp3) is 0.500.